The first-order valence-electron chi connectivity index (χ1n) is 4.82. The molecular formula is C14H13N. The first-order valence-corrected chi connectivity index (χ1v) is 4.82. The summed E-state index contributed by atoms with van der Waals surface area (Å²) in [4.78, 5) is 0. The van der Waals surface area contributed by atoms with Gasteiger partial charge in [-0.3, -0.25) is 0 Å². The Morgan fingerprint density at radius 2 is 1.73 bits per heavy atom. The Hall–Kier alpha value is -2.02. The quantitative estimate of drug-likeness (QED) is 0.574. The van der Waals surface area contributed by atoms with Crippen LogP contribution in [-0.4, -0.2) is 0 Å². The summed E-state index contributed by atoms with van der Waals surface area (Å²) in [5.74, 6) is 0. The van der Waals surface area contributed by atoms with Crippen LogP contribution in [-0.2, 0) is 0 Å². The molecule has 0 aliphatic heterocycles. The molecule has 0 saturated heterocycles. The van der Waals surface area contributed by atoms with E-state index in [9.17, 15) is 0 Å². The normalized spacial score (nSPS) is 10.1. The molecule has 0 unspecified atom stereocenters. The lowest BCUT2D eigenvalue weighted by atomic mass is 10.0. The summed E-state index contributed by atoms with van der Waals surface area (Å²) >= 11 is 0. The lowest BCUT2D eigenvalue weighted by Gasteiger charge is -2.04. The van der Waals surface area contributed by atoms with Gasteiger partial charge in [-0.1, -0.05) is 37.4 Å². The lowest BCUT2D eigenvalue weighted by molar-refractivity contribution is 1.67. The molecule has 0 fully saturated rings. The van der Waals surface area contributed by atoms with Gasteiger partial charge in [-0.2, -0.15) is 0 Å². The van der Waals surface area contributed by atoms with Crippen molar-refractivity contribution in [2.45, 2.75) is 0 Å². The van der Waals surface area contributed by atoms with Crippen LogP contribution in [0, 0.1) is 0 Å². The highest BCUT2D eigenvalue weighted by molar-refractivity contribution is 5.89. The van der Waals surface area contributed by atoms with Crippen molar-refractivity contribution in [3.63, 3.8) is 0 Å². The Balaban J connectivity index is 2.61. The van der Waals surface area contributed by atoms with Gasteiger partial charge in [0.1, 0.15) is 0 Å². The molecule has 0 bridgehead atoms. The minimum absolute atomic E-state index is 0.790. The van der Waals surface area contributed by atoms with E-state index in [1.165, 1.54) is 5.39 Å². The standard InChI is InChI=1S/C14H13N/c1-3-10(2)11-4-5-13-9-14(15)7-6-12(13)8-11/h3-9H,1-2,15H2. The maximum absolute atomic E-state index is 5.71. The monoisotopic (exact) mass is 195 g/mol. The zero-order valence-electron chi connectivity index (χ0n) is 8.53. The highest BCUT2D eigenvalue weighted by Gasteiger charge is 1.98. The smallest absolute Gasteiger partial charge is 0.0320 e. The van der Waals surface area contributed by atoms with Crippen molar-refractivity contribution in [3.05, 3.63) is 61.2 Å². The topological polar surface area (TPSA) is 26.0 Å². The second kappa shape index (κ2) is 3.62. The molecule has 2 aromatic rings. The summed E-state index contributed by atoms with van der Waals surface area (Å²) in [5.41, 5.74) is 8.54. The van der Waals surface area contributed by atoms with Crippen molar-refractivity contribution >= 4 is 22.0 Å². The van der Waals surface area contributed by atoms with Gasteiger partial charge in [0.25, 0.3) is 0 Å². The first-order chi connectivity index (χ1) is 7.20. The Morgan fingerprint density at radius 3 is 2.47 bits per heavy atom. The molecule has 2 rings (SSSR count). The van der Waals surface area contributed by atoms with Gasteiger partial charge in [0.2, 0.25) is 0 Å². The molecule has 1 heteroatoms. The third kappa shape index (κ3) is 1.77. The van der Waals surface area contributed by atoms with E-state index in [1.807, 2.05) is 24.3 Å². The number of benzene rings is 2. The minimum atomic E-state index is 0.790. The summed E-state index contributed by atoms with van der Waals surface area (Å²) < 4.78 is 0. The fourth-order valence-electron chi connectivity index (χ4n) is 1.58. The molecule has 0 radical (unpaired) electrons. The number of fused-ring (bicyclic) bond motifs is 1. The van der Waals surface area contributed by atoms with Crippen molar-refractivity contribution in [1.29, 1.82) is 0 Å². The molecule has 0 aromatic heterocycles. The van der Waals surface area contributed by atoms with Crippen LogP contribution in [0.15, 0.2) is 55.6 Å². The SMILES string of the molecule is C=CC(=C)c1ccc2cc(N)ccc2c1. The zero-order valence-corrected chi connectivity index (χ0v) is 8.53. The van der Waals surface area contributed by atoms with Crippen molar-refractivity contribution in [3.8, 4) is 0 Å². The molecule has 0 aliphatic rings. The summed E-state index contributed by atoms with van der Waals surface area (Å²) in [7, 11) is 0. The zero-order chi connectivity index (χ0) is 10.8. The Bertz CT molecular complexity index is 538. The fourth-order valence-corrected chi connectivity index (χ4v) is 1.58. The largest absolute Gasteiger partial charge is 0.399 e. The Kier molecular flexibility index (Phi) is 2.30. The summed E-state index contributed by atoms with van der Waals surface area (Å²) in [6.07, 6.45) is 1.76. The highest BCUT2D eigenvalue weighted by Crippen LogP contribution is 2.22. The van der Waals surface area contributed by atoms with E-state index in [2.05, 4.69) is 25.3 Å². The molecule has 0 amide bonds. The van der Waals surface area contributed by atoms with Crippen molar-refractivity contribution < 1.29 is 0 Å². The van der Waals surface area contributed by atoms with E-state index in [4.69, 9.17) is 5.73 Å². The summed E-state index contributed by atoms with van der Waals surface area (Å²) in [5, 5.41) is 2.32. The van der Waals surface area contributed by atoms with Crippen LogP contribution in [0.1, 0.15) is 5.56 Å². The van der Waals surface area contributed by atoms with Crippen LogP contribution in [0.5, 0.6) is 0 Å². The van der Waals surface area contributed by atoms with Gasteiger partial charge in [-0.05, 0) is 40.1 Å². The van der Waals surface area contributed by atoms with Crippen LogP contribution in [0.2, 0.25) is 0 Å². The Morgan fingerprint density at radius 1 is 1.07 bits per heavy atom. The second-order valence-corrected chi connectivity index (χ2v) is 3.55. The third-order valence-corrected chi connectivity index (χ3v) is 2.48. The van der Waals surface area contributed by atoms with Gasteiger partial charge < -0.3 is 5.73 Å². The van der Waals surface area contributed by atoms with E-state index in [1.54, 1.807) is 6.08 Å². The number of nitrogens with two attached hydrogens (primary N) is 1. The molecular weight excluding hydrogens is 182 g/mol. The predicted octanol–water partition coefficient (Wildman–Crippen LogP) is 3.62. The van der Waals surface area contributed by atoms with Gasteiger partial charge >= 0.3 is 0 Å². The summed E-state index contributed by atoms with van der Waals surface area (Å²) in [6, 6.07) is 12.1. The van der Waals surface area contributed by atoms with E-state index in [0.29, 0.717) is 0 Å². The second-order valence-electron chi connectivity index (χ2n) is 3.55. The predicted molar refractivity (Wildman–Crippen MR) is 67.6 cm³/mol. The molecule has 0 aliphatic carbocycles. The molecule has 0 atom stereocenters. The molecule has 1 nitrogen and oxygen atoms in total. The average molecular weight is 195 g/mol. The van der Waals surface area contributed by atoms with Crippen LogP contribution in [0.3, 0.4) is 0 Å². The maximum atomic E-state index is 5.71. The van der Waals surface area contributed by atoms with Crippen LogP contribution in [0.25, 0.3) is 16.3 Å². The fraction of sp³-hybridized carbons (Fsp3) is 0. The average Bonchev–Trinajstić information content (AvgIpc) is 2.27. The summed E-state index contributed by atoms with van der Waals surface area (Å²) in [6.45, 7) is 7.64. The van der Waals surface area contributed by atoms with Crippen molar-refractivity contribution in [1.82, 2.24) is 0 Å². The molecule has 2 N–H and O–H groups in total. The molecule has 0 spiro atoms. The van der Waals surface area contributed by atoms with Gasteiger partial charge in [0.15, 0.2) is 0 Å². The lowest BCUT2D eigenvalue weighted by Crippen LogP contribution is -1.85. The van der Waals surface area contributed by atoms with E-state index >= 15 is 0 Å². The minimum Gasteiger partial charge on any atom is -0.399 e. The number of hydrogen-bond acceptors (Lipinski definition) is 1. The van der Waals surface area contributed by atoms with Gasteiger partial charge in [0, 0.05) is 5.69 Å². The third-order valence-electron chi connectivity index (χ3n) is 2.48. The molecule has 0 saturated carbocycles. The van der Waals surface area contributed by atoms with Crippen molar-refractivity contribution in [2.24, 2.45) is 0 Å². The van der Waals surface area contributed by atoms with E-state index in [-0.39, 0.29) is 0 Å². The molecule has 74 valence electrons. The molecule has 0 heterocycles. The maximum Gasteiger partial charge on any atom is 0.0320 e. The van der Waals surface area contributed by atoms with Gasteiger partial charge in [-0.15, -0.1) is 0 Å². The van der Waals surface area contributed by atoms with Crippen LogP contribution in [0.4, 0.5) is 5.69 Å². The van der Waals surface area contributed by atoms with E-state index in [0.717, 1.165) is 22.2 Å². The van der Waals surface area contributed by atoms with E-state index < -0.39 is 0 Å². The Labute approximate surface area is 89.5 Å². The number of hydrogen-bond donors (Lipinski definition) is 1. The number of nitrogen functional groups attached to an aromatic ring is 1. The number of rotatable bonds is 2. The van der Waals surface area contributed by atoms with Crippen LogP contribution >= 0.6 is 0 Å². The molecule has 2 aromatic carbocycles. The number of allylic oxidation sites excluding steroid dienone is 2. The highest BCUT2D eigenvalue weighted by atomic mass is 14.5. The van der Waals surface area contributed by atoms with Crippen molar-refractivity contribution in [2.75, 3.05) is 5.73 Å². The first kappa shape index (κ1) is 9.53. The van der Waals surface area contributed by atoms with Crippen LogP contribution < -0.4 is 5.73 Å². The van der Waals surface area contributed by atoms with Gasteiger partial charge in [-0.25, -0.2) is 0 Å². The molecule has 15 heavy (non-hydrogen) atoms. The van der Waals surface area contributed by atoms with Gasteiger partial charge in [0.05, 0.1) is 0 Å². The number of anilines is 1.